The Morgan fingerprint density at radius 1 is 1.62 bits per heavy atom. The van der Waals surface area contributed by atoms with Gasteiger partial charge in [0.25, 0.3) is 0 Å². The third-order valence-corrected chi connectivity index (χ3v) is 2.41. The summed E-state index contributed by atoms with van der Waals surface area (Å²) in [6.07, 6.45) is 3.50. The molecule has 0 heterocycles. The number of amides is 2. The predicted octanol–water partition coefficient (Wildman–Crippen LogP) is 0.827. The van der Waals surface area contributed by atoms with Gasteiger partial charge in [0.15, 0.2) is 0 Å². The third-order valence-electron chi connectivity index (χ3n) is 2.41. The number of ether oxygens (including phenoxy) is 1. The molecule has 1 aliphatic rings. The molecule has 1 saturated carbocycles. The van der Waals surface area contributed by atoms with Gasteiger partial charge in [0.2, 0.25) is 0 Å². The summed E-state index contributed by atoms with van der Waals surface area (Å²) in [5.74, 6) is 0. The van der Waals surface area contributed by atoms with Crippen molar-refractivity contribution in [3.63, 3.8) is 0 Å². The maximum Gasteiger partial charge on any atom is 0.317 e. The summed E-state index contributed by atoms with van der Waals surface area (Å²) < 4.78 is 4.89. The van der Waals surface area contributed by atoms with Gasteiger partial charge in [0, 0.05) is 26.7 Å². The average molecular weight is 186 g/mol. The van der Waals surface area contributed by atoms with Crippen LogP contribution in [-0.4, -0.2) is 44.3 Å². The minimum Gasteiger partial charge on any atom is -0.383 e. The molecule has 76 valence electrons. The van der Waals surface area contributed by atoms with Crippen molar-refractivity contribution in [3.05, 3.63) is 0 Å². The maximum absolute atomic E-state index is 11.4. The second kappa shape index (κ2) is 5.07. The van der Waals surface area contributed by atoms with Crippen molar-refractivity contribution in [2.24, 2.45) is 0 Å². The molecule has 4 nitrogen and oxygen atoms in total. The summed E-state index contributed by atoms with van der Waals surface area (Å²) in [6, 6.07) is 0.430. The molecule has 0 spiro atoms. The molecule has 0 atom stereocenters. The fourth-order valence-corrected chi connectivity index (χ4v) is 1.17. The van der Waals surface area contributed by atoms with Crippen molar-refractivity contribution in [1.29, 1.82) is 0 Å². The zero-order valence-electron chi connectivity index (χ0n) is 8.38. The minimum absolute atomic E-state index is 0.0155. The van der Waals surface area contributed by atoms with Gasteiger partial charge in [-0.2, -0.15) is 0 Å². The lowest BCUT2D eigenvalue weighted by Crippen LogP contribution is -2.46. The topological polar surface area (TPSA) is 41.6 Å². The molecule has 1 fully saturated rings. The highest BCUT2D eigenvalue weighted by atomic mass is 16.5. The van der Waals surface area contributed by atoms with E-state index in [-0.39, 0.29) is 6.03 Å². The van der Waals surface area contributed by atoms with Crippen LogP contribution in [0.3, 0.4) is 0 Å². The molecule has 0 unspecified atom stereocenters. The van der Waals surface area contributed by atoms with Gasteiger partial charge in [-0.25, -0.2) is 4.79 Å². The molecule has 1 N–H and O–H groups in total. The zero-order chi connectivity index (χ0) is 9.68. The molecule has 0 aromatic rings. The first kappa shape index (κ1) is 10.3. The number of carbonyl (C=O) groups is 1. The monoisotopic (exact) mass is 186 g/mol. The van der Waals surface area contributed by atoms with E-state index in [0.29, 0.717) is 19.2 Å². The molecule has 0 radical (unpaired) electrons. The van der Waals surface area contributed by atoms with Gasteiger partial charge >= 0.3 is 6.03 Å². The molecule has 0 aromatic carbocycles. The van der Waals surface area contributed by atoms with Gasteiger partial charge in [-0.3, -0.25) is 0 Å². The Hall–Kier alpha value is -0.770. The van der Waals surface area contributed by atoms with Crippen molar-refractivity contribution in [1.82, 2.24) is 10.2 Å². The van der Waals surface area contributed by atoms with Crippen molar-refractivity contribution in [2.45, 2.75) is 25.3 Å². The summed E-state index contributed by atoms with van der Waals surface area (Å²) in [7, 11) is 3.42. The predicted molar refractivity (Wildman–Crippen MR) is 50.7 cm³/mol. The number of methoxy groups -OCH3 is 1. The van der Waals surface area contributed by atoms with Crippen LogP contribution >= 0.6 is 0 Å². The van der Waals surface area contributed by atoms with Crippen LogP contribution in [0.25, 0.3) is 0 Å². The molecule has 4 heteroatoms. The largest absolute Gasteiger partial charge is 0.383 e. The van der Waals surface area contributed by atoms with Gasteiger partial charge in [0.1, 0.15) is 0 Å². The van der Waals surface area contributed by atoms with E-state index < -0.39 is 0 Å². The van der Waals surface area contributed by atoms with E-state index in [1.165, 1.54) is 6.42 Å². The van der Waals surface area contributed by atoms with E-state index in [1.807, 2.05) is 0 Å². The molecule has 1 rings (SSSR count). The summed E-state index contributed by atoms with van der Waals surface area (Å²) in [5.41, 5.74) is 0. The number of rotatable bonds is 4. The number of carbonyl (C=O) groups excluding carboxylic acids is 1. The Kier molecular flexibility index (Phi) is 4.02. The SMILES string of the molecule is COCCN(C)C(=O)NC1CCC1. The lowest BCUT2D eigenvalue weighted by atomic mass is 9.93. The first-order valence-electron chi connectivity index (χ1n) is 4.74. The number of nitrogens with zero attached hydrogens (tertiary/aromatic N) is 1. The van der Waals surface area contributed by atoms with E-state index >= 15 is 0 Å². The van der Waals surface area contributed by atoms with Gasteiger partial charge in [-0.05, 0) is 19.3 Å². The molecule has 2 amide bonds. The van der Waals surface area contributed by atoms with Crippen molar-refractivity contribution < 1.29 is 9.53 Å². The Morgan fingerprint density at radius 2 is 2.31 bits per heavy atom. The molecule has 13 heavy (non-hydrogen) atoms. The lowest BCUT2D eigenvalue weighted by Gasteiger charge is -2.28. The lowest BCUT2D eigenvalue weighted by molar-refractivity contribution is 0.155. The fourth-order valence-electron chi connectivity index (χ4n) is 1.17. The standard InChI is InChI=1S/C9H18N2O2/c1-11(6-7-13-2)9(12)10-8-4-3-5-8/h8H,3-7H2,1-2H3,(H,10,12). The highest BCUT2D eigenvalue weighted by Crippen LogP contribution is 2.17. The maximum atomic E-state index is 11.4. The van der Waals surface area contributed by atoms with E-state index in [4.69, 9.17) is 4.74 Å². The van der Waals surface area contributed by atoms with E-state index in [2.05, 4.69) is 5.32 Å². The van der Waals surface area contributed by atoms with Crippen LogP contribution in [0.5, 0.6) is 0 Å². The van der Waals surface area contributed by atoms with Crippen LogP contribution in [0.15, 0.2) is 0 Å². The number of nitrogens with one attached hydrogen (secondary N) is 1. The number of hydrogen-bond donors (Lipinski definition) is 1. The van der Waals surface area contributed by atoms with Crippen LogP contribution in [0.4, 0.5) is 4.79 Å². The van der Waals surface area contributed by atoms with Crippen LogP contribution in [0.2, 0.25) is 0 Å². The molecule has 0 bridgehead atoms. The van der Waals surface area contributed by atoms with Crippen molar-refractivity contribution in [2.75, 3.05) is 27.3 Å². The average Bonchev–Trinajstić information content (AvgIpc) is 2.06. The molecule has 0 aromatic heterocycles. The summed E-state index contributed by atoms with van der Waals surface area (Å²) in [4.78, 5) is 13.1. The molecule has 0 saturated heterocycles. The van der Waals surface area contributed by atoms with Crippen molar-refractivity contribution in [3.8, 4) is 0 Å². The molecule has 1 aliphatic carbocycles. The van der Waals surface area contributed by atoms with Crippen LogP contribution in [0, 0.1) is 0 Å². The Bertz CT molecular complexity index is 169. The van der Waals surface area contributed by atoms with E-state index in [1.54, 1.807) is 19.1 Å². The summed E-state index contributed by atoms with van der Waals surface area (Å²) in [5, 5.41) is 2.96. The smallest absolute Gasteiger partial charge is 0.317 e. The van der Waals surface area contributed by atoms with E-state index in [9.17, 15) is 4.79 Å². The number of urea groups is 1. The third kappa shape index (κ3) is 3.22. The number of likely N-dealkylation sites (N-methyl/N-ethyl adjacent to an activating group) is 1. The van der Waals surface area contributed by atoms with Gasteiger partial charge in [-0.1, -0.05) is 0 Å². The number of hydrogen-bond acceptors (Lipinski definition) is 2. The minimum atomic E-state index is 0.0155. The summed E-state index contributed by atoms with van der Waals surface area (Å²) >= 11 is 0. The molecular formula is C9H18N2O2. The molecular weight excluding hydrogens is 168 g/mol. The van der Waals surface area contributed by atoms with Gasteiger partial charge in [-0.15, -0.1) is 0 Å². The van der Waals surface area contributed by atoms with Crippen LogP contribution in [-0.2, 0) is 4.74 Å². The highest BCUT2D eigenvalue weighted by molar-refractivity contribution is 5.74. The first-order chi connectivity index (χ1) is 6.24. The molecule has 0 aliphatic heterocycles. The van der Waals surface area contributed by atoms with Crippen LogP contribution in [0.1, 0.15) is 19.3 Å². The second-order valence-corrected chi connectivity index (χ2v) is 3.49. The quantitative estimate of drug-likeness (QED) is 0.706. The second-order valence-electron chi connectivity index (χ2n) is 3.49. The zero-order valence-corrected chi connectivity index (χ0v) is 8.38. The van der Waals surface area contributed by atoms with Crippen molar-refractivity contribution >= 4 is 6.03 Å². The van der Waals surface area contributed by atoms with Gasteiger partial charge < -0.3 is 15.0 Å². The van der Waals surface area contributed by atoms with Gasteiger partial charge in [0.05, 0.1) is 6.61 Å². The Balaban J connectivity index is 2.13. The van der Waals surface area contributed by atoms with Crippen LogP contribution < -0.4 is 5.32 Å². The Morgan fingerprint density at radius 3 is 2.77 bits per heavy atom. The summed E-state index contributed by atoms with van der Waals surface area (Å²) in [6.45, 7) is 1.24. The normalized spacial score (nSPS) is 16.5. The Labute approximate surface area is 79.2 Å². The van der Waals surface area contributed by atoms with E-state index in [0.717, 1.165) is 12.8 Å². The first-order valence-corrected chi connectivity index (χ1v) is 4.74. The highest BCUT2D eigenvalue weighted by Gasteiger charge is 2.20. The fraction of sp³-hybridized carbons (Fsp3) is 0.889.